The molecule has 0 saturated heterocycles. The maximum absolute atomic E-state index is 14.1. The molecule has 5 aromatic rings. The number of fused-ring (bicyclic) bond motifs is 8. The van der Waals surface area contributed by atoms with Gasteiger partial charge in [-0.1, -0.05) is 131 Å². The summed E-state index contributed by atoms with van der Waals surface area (Å²) in [6, 6.07) is 39.1. The van der Waals surface area contributed by atoms with E-state index in [-0.39, 0.29) is 22.7 Å². The SMILES string of the molecule is CC1(C)C2=C(C=CC(N(c3ccc4c(c3)C(C)(C)c3ccccc3-4)c3cccc4c3C(=O)c3ccccc3-4)C2)c2ccccc21. The first kappa shape index (κ1) is 26.5. The van der Waals surface area contributed by atoms with Gasteiger partial charge in [-0.2, -0.15) is 0 Å². The monoisotopic (exact) mass is 581 g/mol. The molecule has 2 nitrogen and oxygen atoms in total. The molecule has 0 spiro atoms. The second-order valence-electron chi connectivity index (χ2n) is 14.0. The highest BCUT2D eigenvalue weighted by molar-refractivity contribution is 6.24. The van der Waals surface area contributed by atoms with Gasteiger partial charge >= 0.3 is 0 Å². The molecular formula is C43H35NO. The summed E-state index contributed by atoms with van der Waals surface area (Å²) >= 11 is 0. The smallest absolute Gasteiger partial charge is 0.196 e. The number of hydrogen-bond donors (Lipinski definition) is 0. The molecule has 2 heteroatoms. The maximum atomic E-state index is 14.1. The largest absolute Gasteiger partial charge is 0.334 e. The van der Waals surface area contributed by atoms with Crippen molar-refractivity contribution in [3.63, 3.8) is 0 Å². The molecule has 0 amide bonds. The zero-order valence-electron chi connectivity index (χ0n) is 26.2. The van der Waals surface area contributed by atoms with Crippen LogP contribution in [0.5, 0.6) is 0 Å². The molecule has 9 rings (SSSR count). The number of nitrogens with zero attached hydrogens (tertiary/aromatic N) is 1. The maximum Gasteiger partial charge on any atom is 0.196 e. The van der Waals surface area contributed by atoms with Crippen molar-refractivity contribution >= 4 is 22.7 Å². The van der Waals surface area contributed by atoms with E-state index in [1.54, 1.807) is 0 Å². The van der Waals surface area contributed by atoms with E-state index < -0.39 is 0 Å². The highest BCUT2D eigenvalue weighted by Crippen LogP contribution is 2.54. The highest BCUT2D eigenvalue weighted by atomic mass is 16.1. The summed E-state index contributed by atoms with van der Waals surface area (Å²) in [7, 11) is 0. The van der Waals surface area contributed by atoms with E-state index in [0.717, 1.165) is 40.0 Å². The van der Waals surface area contributed by atoms with E-state index >= 15 is 0 Å². The molecule has 0 fully saturated rings. The fourth-order valence-electron chi connectivity index (χ4n) is 8.75. The van der Waals surface area contributed by atoms with Crippen LogP contribution in [0.3, 0.4) is 0 Å². The fraction of sp³-hybridized carbons (Fsp3) is 0.186. The average Bonchev–Trinajstić information content (AvgIpc) is 3.58. The Morgan fingerprint density at radius 1 is 0.600 bits per heavy atom. The summed E-state index contributed by atoms with van der Waals surface area (Å²) in [5, 5.41) is 0. The Kier molecular flexibility index (Phi) is 5.32. The van der Waals surface area contributed by atoms with E-state index in [2.05, 4.69) is 136 Å². The summed E-state index contributed by atoms with van der Waals surface area (Å²) in [4.78, 5) is 16.6. The van der Waals surface area contributed by atoms with Gasteiger partial charge in [0, 0.05) is 22.1 Å². The molecular weight excluding hydrogens is 546 g/mol. The Morgan fingerprint density at radius 2 is 1.22 bits per heavy atom. The molecule has 218 valence electrons. The lowest BCUT2D eigenvalue weighted by Gasteiger charge is -2.38. The number of benzene rings is 5. The second-order valence-corrected chi connectivity index (χ2v) is 14.0. The molecule has 45 heavy (non-hydrogen) atoms. The number of anilines is 2. The van der Waals surface area contributed by atoms with Crippen molar-refractivity contribution in [3.8, 4) is 22.3 Å². The number of carbonyl (C=O) groups is 1. The van der Waals surface area contributed by atoms with Crippen LogP contribution in [-0.4, -0.2) is 11.8 Å². The van der Waals surface area contributed by atoms with Crippen LogP contribution in [0, 0.1) is 0 Å². The first-order valence-corrected chi connectivity index (χ1v) is 16.1. The van der Waals surface area contributed by atoms with E-state index in [1.807, 2.05) is 18.2 Å². The van der Waals surface area contributed by atoms with Crippen LogP contribution in [0.25, 0.3) is 27.8 Å². The second kappa shape index (κ2) is 9.05. The first-order valence-electron chi connectivity index (χ1n) is 16.1. The first-order chi connectivity index (χ1) is 21.8. The minimum absolute atomic E-state index is 0.0466. The van der Waals surface area contributed by atoms with Gasteiger partial charge in [-0.05, 0) is 80.3 Å². The summed E-state index contributed by atoms with van der Waals surface area (Å²) in [5.41, 5.74) is 16.5. The average molecular weight is 582 g/mol. The lowest BCUT2D eigenvalue weighted by molar-refractivity contribution is 0.104. The van der Waals surface area contributed by atoms with Crippen LogP contribution in [0.1, 0.15) is 72.3 Å². The van der Waals surface area contributed by atoms with E-state index in [0.29, 0.717) is 0 Å². The van der Waals surface area contributed by atoms with Crippen LogP contribution in [0.2, 0.25) is 0 Å². The van der Waals surface area contributed by atoms with Crippen molar-refractivity contribution in [3.05, 3.63) is 160 Å². The summed E-state index contributed by atoms with van der Waals surface area (Å²) in [6.07, 6.45) is 5.60. The molecule has 0 aromatic heterocycles. The quantitative estimate of drug-likeness (QED) is 0.207. The third-order valence-electron chi connectivity index (χ3n) is 11.0. The van der Waals surface area contributed by atoms with Gasteiger partial charge in [-0.25, -0.2) is 0 Å². The van der Waals surface area contributed by atoms with Crippen LogP contribution in [0.4, 0.5) is 11.4 Å². The zero-order valence-corrected chi connectivity index (χ0v) is 26.2. The Balaban J connectivity index is 1.23. The molecule has 5 aromatic carbocycles. The minimum Gasteiger partial charge on any atom is -0.334 e. The van der Waals surface area contributed by atoms with E-state index in [4.69, 9.17) is 0 Å². The van der Waals surface area contributed by atoms with Gasteiger partial charge < -0.3 is 4.90 Å². The molecule has 0 aliphatic heterocycles. The van der Waals surface area contributed by atoms with E-state index in [1.165, 1.54) is 44.5 Å². The molecule has 4 aliphatic rings. The molecule has 0 N–H and O–H groups in total. The number of hydrogen-bond acceptors (Lipinski definition) is 2. The van der Waals surface area contributed by atoms with Crippen LogP contribution in [0.15, 0.2) is 127 Å². The predicted molar refractivity (Wildman–Crippen MR) is 185 cm³/mol. The molecule has 0 bridgehead atoms. The van der Waals surface area contributed by atoms with Crippen molar-refractivity contribution in [2.75, 3.05) is 4.90 Å². The fourth-order valence-corrected chi connectivity index (χ4v) is 8.75. The highest BCUT2D eigenvalue weighted by Gasteiger charge is 2.42. The minimum atomic E-state index is -0.120. The Morgan fingerprint density at radius 3 is 2.00 bits per heavy atom. The zero-order chi connectivity index (χ0) is 30.7. The van der Waals surface area contributed by atoms with Gasteiger partial charge in [0.25, 0.3) is 0 Å². The normalized spacial score (nSPS) is 19.0. The van der Waals surface area contributed by atoms with Crippen LogP contribution < -0.4 is 4.90 Å². The van der Waals surface area contributed by atoms with Crippen molar-refractivity contribution in [1.29, 1.82) is 0 Å². The van der Waals surface area contributed by atoms with Gasteiger partial charge in [-0.15, -0.1) is 0 Å². The summed E-state index contributed by atoms with van der Waals surface area (Å²) in [5.74, 6) is 0.114. The summed E-state index contributed by atoms with van der Waals surface area (Å²) < 4.78 is 0. The molecule has 1 atom stereocenters. The lowest BCUT2D eigenvalue weighted by Crippen LogP contribution is -2.34. The van der Waals surface area contributed by atoms with Crippen molar-refractivity contribution in [2.45, 2.75) is 51.0 Å². The van der Waals surface area contributed by atoms with Gasteiger partial charge in [0.2, 0.25) is 0 Å². The molecule has 0 radical (unpaired) electrons. The Hall–Kier alpha value is -4.95. The van der Waals surface area contributed by atoms with Gasteiger partial charge in [-0.3, -0.25) is 4.79 Å². The van der Waals surface area contributed by atoms with Gasteiger partial charge in [0.15, 0.2) is 5.78 Å². The molecule has 0 heterocycles. The van der Waals surface area contributed by atoms with Crippen molar-refractivity contribution in [2.24, 2.45) is 0 Å². The molecule has 4 aliphatic carbocycles. The summed E-state index contributed by atoms with van der Waals surface area (Å²) in [6.45, 7) is 9.40. The number of rotatable bonds is 3. The van der Waals surface area contributed by atoms with Crippen molar-refractivity contribution < 1.29 is 4.79 Å². The topological polar surface area (TPSA) is 20.3 Å². The Bertz CT molecular complexity index is 2170. The third kappa shape index (κ3) is 3.48. The predicted octanol–water partition coefficient (Wildman–Crippen LogP) is 10.4. The standard InChI is InChI=1S/C43H35NO/c1-42(2)35-17-9-7-13-29(35)31-22-20-26(24-37(31)42)44(39-19-11-16-33-28-12-5-6-15-34(28)41(45)40(33)39)27-21-23-32-30-14-8-10-18-36(30)43(3,4)38(32)25-27/h5-24,27H,25H2,1-4H3. The molecule has 0 saturated carbocycles. The number of allylic oxidation sites excluding steroid dienone is 2. The number of ketones is 1. The lowest BCUT2D eigenvalue weighted by atomic mass is 9.77. The van der Waals surface area contributed by atoms with Crippen molar-refractivity contribution in [1.82, 2.24) is 0 Å². The van der Waals surface area contributed by atoms with Gasteiger partial charge in [0.1, 0.15) is 0 Å². The van der Waals surface area contributed by atoms with Gasteiger partial charge in [0.05, 0.1) is 17.3 Å². The molecule has 1 unspecified atom stereocenters. The van der Waals surface area contributed by atoms with E-state index in [9.17, 15) is 4.79 Å². The van der Waals surface area contributed by atoms with Crippen LogP contribution in [-0.2, 0) is 10.8 Å². The van der Waals surface area contributed by atoms with Crippen LogP contribution >= 0.6 is 0 Å². The number of carbonyl (C=O) groups excluding carboxylic acids is 1. The third-order valence-corrected chi connectivity index (χ3v) is 11.0. The Labute approximate surface area is 265 Å².